The van der Waals surface area contributed by atoms with Crippen molar-refractivity contribution < 1.29 is 18.6 Å². The summed E-state index contributed by atoms with van der Waals surface area (Å²) in [5, 5.41) is 9.55. The first-order valence-electron chi connectivity index (χ1n) is 6.76. The van der Waals surface area contributed by atoms with Gasteiger partial charge in [-0.3, -0.25) is 0 Å². The molecule has 23 heavy (non-hydrogen) atoms. The maximum Gasteiger partial charge on any atom is 0.183 e. The zero-order valence-corrected chi connectivity index (χ0v) is 13.4. The van der Waals surface area contributed by atoms with Crippen LogP contribution in [0.2, 0.25) is 5.02 Å². The average molecular weight is 336 g/mol. The number of benzene rings is 2. The Labute approximate surface area is 139 Å². The minimum Gasteiger partial charge on any atom is -0.487 e. The van der Waals surface area contributed by atoms with Gasteiger partial charge in [0.2, 0.25) is 0 Å². The highest BCUT2D eigenvalue weighted by Crippen LogP contribution is 2.27. The second-order valence-corrected chi connectivity index (χ2v) is 5.10. The number of hydrogen-bond acceptors (Lipinski definition) is 4. The summed E-state index contributed by atoms with van der Waals surface area (Å²) in [6.45, 7) is 0.0945. The Hall–Kier alpha value is -2.13. The van der Waals surface area contributed by atoms with E-state index in [1.165, 1.54) is 32.4 Å². The topological polar surface area (TPSA) is 51.5 Å². The van der Waals surface area contributed by atoms with Crippen LogP contribution in [0, 0.1) is 17.1 Å². The highest BCUT2D eigenvalue weighted by Gasteiger charge is 2.16. The number of methoxy groups -OCH3 is 2. The third kappa shape index (κ3) is 3.99. The Kier molecular flexibility index (Phi) is 5.94. The molecule has 2 aromatic rings. The van der Waals surface area contributed by atoms with Gasteiger partial charge in [-0.05, 0) is 29.8 Å². The normalized spacial score (nSPS) is 10.6. The lowest BCUT2D eigenvalue weighted by atomic mass is 10.1. The van der Waals surface area contributed by atoms with Crippen LogP contribution >= 0.6 is 11.6 Å². The molecule has 2 rings (SSSR count). The molecule has 0 amide bonds. The van der Waals surface area contributed by atoms with Gasteiger partial charge in [-0.25, -0.2) is 4.39 Å². The Morgan fingerprint density at radius 1 is 1.22 bits per heavy atom. The van der Waals surface area contributed by atoms with E-state index in [0.717, 1.165) is 11.1 Å². The zero-order chi connectivity index (χ0) is 16.8. The quantitative estimate of drug-likeness (QED) is 0.742. The van der Waals surface area contributed by atoms with Crippen molar-refractivity contribution in [2.24, 2.45) is 0 Å². The van der Waals surface area contributed by atoms with Gasteiger partial charge in [0.05, 0.1) is 0 Å². The van der Waals surface area contributed by atoms with Crippen molar-refractivity contribution in [2.45, 2.75) is 12.9 Å². The Bertz CT molecular complexity index is 726. The van der Waals surface area contributed by atoms with Crippen molar-refractivity contribution in [3.63, 3.8) is 0 Å². The van der Waals surface area contributed by atoms with Crippen LogP contribution in [-0.2, 0) is 16.1 Å². The van der Waals surface area contributed by atoms with E-state index in [9.17, 15) is 4.39 Å². The van der Waals surface area contributed by atoms with Gasteiger partial charge in [0.25, 0.3) is 0 Å². The van der Waals surface area contributed by atoms with Crippen LogP contribution in [-0.4, -0.2) is 14.2 Å². The van der Waals surface area contributed by atoms with E-state index in [1.807, 2.05) is 0 Å². The van der Waals surface area contributed by atoms with E-state index in [2.05, 4.69) is 0 Å². The monoisotopic (exact) mass is 335 g/mol. The maximum absolute atomic E-state index is 13.6. The molecule has 0 aliphatic heterocycles. The molecule has 0 N–H and O–H groups in total. The molecule has 2 aromatic carbocycles. The lowest BCUT2D eigenvalue weighted by molar-refractivity contribution is -0.106. The van der Waals surface area contributed by atoms with Crippen LogP contribution in [0.25, 0.3) is 0 Å². The van der Waals surface area contributed by atoms with Crippen LogP contribution in [0.3, 0.4) is 0 Å². The fraction of sp³-hybridized carbons (Fsp3) is 0.235. The molecule has 0 heterocycles. The molecule has 0 aliphatic rings. The van der Waals surface area contributed by atoms with Crippen LogP contribution in [0.15, 0.2) is 36.4 Å². The number of ether oxygens (including phenoxy) is 3. The van der Waals surface area contributed by atoms with Crippen molar-refractivity contribution in [3.05, 3.63) is 63.9 Å². The molecule has 0 saturated heterocycles. The molecular formula is C17H15ClFNO3. The fourth-order valence-corrected chi connectivity index (χ4v) is 2.36. The zero-order valence-electron chi connectivity index (χ0n) is 12.7. The SMILES string of the molecule is COC(OC)c1ccc(Cl)cc1COc1cccc(F)c1C#N. The Morgan fingerprint density at radius 2 is 1.96 bits per heavy atom. The molecule has 0 unspecified atom stereocenters. The molecular weight excluding hydrogens is 321 g/mol. The van der Waals surface area contributed by atoms with E-state index in [1.54, 1.807) is 24.3 Å². The van der Waals surface area contributed by atoms with Crippen LogP contribution in [0.5, 0.6) is 5.75 Å². The van der Waals surface area contributed by atoms with Crippen LogP contribution in [0.4, 0.5) is 4.39 Å². The number of nitrogens with zero attached hydrogens (tertiary/aromatic N) is 1. The average Bonchev–Trinajstić information content (AvgIpc) is 2.55. The third-order valence-electron chi connectivity index (χ3n) is 3.26. The second-order valence-electron chi connectivity index (χ2n) is 4.66. The molecule has 0 spiro atoms. The predicted octanol–water partition coefficient (Wildman–Crippen LogP) is 4.22. The lowest BCUT2D eigenvalue weighted by Gasteiger charge is -2.18. The summed E-state index contributed by atoms with van der Waals surface area (Å²) >= 11 is 6.02. The van der Waals surface area contributed by atoms with Crippen LogP contribution in [0.1, 0.15) is 23.0 Å². The highest BCUT2D eigenvalue weighted by molar-refractivity contribution is 6.30. The largest absolute Gasteiger partial charge is 0.487 e. The van der Waals surface area contributed by atoms with Gasteiger partial charge < -0.3 is 14.2 Å². The summed E-state index contributed by atoms with van der Waals surface area (Å²) in [6.07, 6.45) is -0.575. The van der Waals surface area contributed by atoms with E-state index in [-0.39, 0.29) is 17.9 Å². The number of nitriles is 1. The molecule has 0 fully saturated rings. The molecule has 0 atom stereocenters. The smallest absolute Gasteiger partial charge is 0.183 e. The van der Waals surface area contributed by atoms with E-state index in [0.29, 0.717) is 5.02 Å². The van der Waals surface area contributed by atoms with Gasteiger partial charge in [-0.15, -0.1) is 0 Å². The number of rotatable bonds is 6. The van der Waals surface area contributed by atoms with E-state index >= 15 is 0 Å². The lowest BCUT2D eigenvalue weighted by Crippen LogP contribution is -2.09. The van der Waals surface area contributed by atoms with Gasteiger partial charge in [0.1, 0.15) is 29.8 Å². The molecule has 6 heteroatoms. The van der Waals surface area contributed by atoms with Gasteiger partial charge in [0, 0.05) is 24.8 Å². The van der Waals surface area contributed by atoms with Gasteiger partial charge in [0.15, 0.2) is 6.29 Å². The first-order chi connectivity index (χ1) is 11.1. The molecule has 0 aliphatic carbocycles. The van der Waals surface area contributed by atoms with Gasteiger partial charge in [-0.1, -0.05) is 23.7 Å². The molecule has 0 radical (unpaired) electrons. The number of halogens is 2. The summed E-state index contributed by atoms with van der Waals surface area (Å²) in [5.41, 5.74) is 1.33. The van der Waals surface area contributed by atoms with Crippen molar-refractivity contribution in [1.82, 2.24) is 0 Å². The molecule has 0 saturated carbocycles. The molecule has 0 aromatic heterocycles. The minimum atomic E-state index is -0.622. The summed E-state index contributed by atoms with van der Waals surface area (Å²) in [5.74, 6) is -0.451. The molecule has 4 nitrogen and oxygen atoms in total. The fourth-order valence-electron chi connectivity index (χ4n) is 2.17. The van der Waals surface area contributed by atoms with Crippen molar-refractivity contribution in [1.29, 1.82) is 5.26 Å². The van der Waals surface area contributed by atoms with Gasteiger partial charge >= 0.3 is 0 Å². The molecule has 0 bridgehead atoms. The molecule has 120 valence electrons. The van der Waals surface area contributed by atoms with Gasteiger partial charge in [-0.2, -0.15) is 5.26 Å². The predicted molar refractivity (Wildman–Crippen MR) is 83.7 cm³/mol. The van der Waals surface area contributed by atoms with Crippen molar-refractivity contribution >= 4 is 11.6 Å². The Morgan fingerprint density at radius 3 is 2.61 bits per heavy atom. The third-order valence-corrected chi connectivity index (χ3v) is 3.49. The second kappa shape index (κ2) is 7.93. The minimum absolute atomic E-state index is 0.0945. The van der Waals surface area contributed by atoms with Crippen molar-refractivity contribution in [2.75, 3.05) is 14.2 Å². The standard InChI is InChI=1S/C17H15ClFNO3/c1-21-17(22-2)13-7-6-12(18)8-11(13)10-23-16-5-3-4-15(19)14(16)9-20/h3-8,17H,10H2,1-2H3. The Balaban J connectivity index is 2.29. The summed E-state index contributed by atoms with van der Waals surface area (Å²) in [4.78, 5) is 0. The highest BCUT2D eigenvalue weighted by atomic mass is 35.5. The van der Waals surface area contributed by atoms with E-state index < -0.39 is 12.1 Å². The summed E-state index contributed by atoms with van der Waals surface area (Å²) in [7, 11) is 3.04. The van der Waals surface area contributed by atoms with Crippen LogP contribution < -0.4 is 4.74 Å². The summed E-state index contributed by atoms with van der Waals surface area (Å²) < 4.78 is 29.7. The first-order valence-corrected chi connectivity index (χ1v) is 7.13. The number of hydrogen-bond donors (Lipinski definition) is 0. The summed E-state index contributed by atoms with van der Waals surface area (Å²) in [6, 6.07) is 11.2. The van der Waals surface area contributed by atoms with Crippen molar-refractivity contribution in [3.8, 4) is 11.8 Å². The maximum atomic E-state index is 13.6. The first kappa shape index (κ1) is 17.2. The van der Waals surface area contributed by atoms with E-state index in [4.69, 9.17) is 31.1 Å².